The van der Waals surface area contributed by atoms with Crippen molar-refractivity contribution in [2.45, 2.75) is 0 Å². The summed E-state index contributed by atoms with van der Waals surface area (Å²) >= 11 is 0.910. The van der Waals surface area contributed by atoms with E-state index in [1.54, 1.807) is 12.1 Å². The van der Waals surface area contributed by atoms with Gasteiger partial charge in [0.2, 0.25) is 5.91 Å². The Morgan fingerprint density at radius 2 is 1.88 bits per heavy atom. The van der Waals surface area contributed by atoms with Gasteiger partial charge in [0.1, 0.15) is 0 Å². The lowest BCUT2D eigenvalue weighted by Gasteiger charge is -2.13. The third-order valence-corrected chi connectivity index (χ3v) is 4.17. The number of nitrogens with zero attached hydrogens (tertiary/aromatic N) is 1. The van der Waals surface area contributed by atoms with Gasteiger partial charge >= 0.3 is 11.8 Å². The quantitative estimate of drug-likeness (QED) is 0.702. The molecule has 1 aliphatic rings. The average Bonchev–Trinajstić information content (AvgIpc) is 2.93. The third-order valence-electron chi connectivity index (χ3n) is 3.31. The fourth-order valence-electron chi connectivity index (χ4n) is 2.06. The van der Waals surface area contributed by atoms with E-state index >= 15 is 0 Å². The van der Waals surface area contributed by atoms with E-state index in [4.69, 9.17) is 9.47 Å². The van der Waals surface area contributed by atoms with Gasteiger partial charge in [-0.05, 0) is 12.1 Å². The van der Waals surface area contributed by atoms with E-state index in [2.05, 4.69) is 10.6 Å². The lowest BCUT2D eigenvalue weighted by atomic mass is 10.2. The molecule has 0 atom stereocenters. The maximum Gasteiger partial charge on any atom is 0.313 e. The highest BCUT2D eigenvalue weighted by molar-refractivity contribution is 8.14. The van der Waals surface area contributed by atoms with Crippen LogP contribution in [0.2, 0.25) is 0 Å². The van der Waals surface area contributed by atoms with Crippen LogP contribution in [0.4, 0.5) is 10.5 Å². The summed E-state index contributed by atoms with van der Waals surface area (Å²) in [6.07, 6.45) is 0. The highest BCUT2D eigenvalue weighted by Crippen LogP contribution is 2.29. The van der Waals surface area contributed by atoms with Gasteiger partial charge in [-0.25, -0.2) is 0 Å². The Morgan fingerprint density at radius 1 is 1.16 bits per heavy atom. The van der Waals surface area contributed by atoms with E-state index in [0.717, 1.165) is 16.7 Å². The molecule has 0 saturated carbocycles. The normalized spacial score (nSPS) is 13.6. The molecule has 2 rings (SSSR count). The maximum atomic E-state index is 11.9. The summed E-state index contributed by atoms with van der Waals surface area (Å²) in [5.74, 6) is -1.06. The van der Waals surface area contributed by atoms with Gasteiger partial charge in [-0.15, -0.1) is 0 Å². The summed E-state index contributed by atoms with van der Waals surface area (Å²) in [5.41, 5.74) is 0.360. The smallest absolute Gasteiger partial charge is 0.313 e. The van der Waals surface area contributed by atoms with Crippen LogP contribution in [0.5, 0.6) is 11.5 Å². The summed E-state index contributed by atoms with van der Waals surface area (Å²) in [7, 11) is 2.94. The minimum Gasteiger partial charge on any atom is -0.493 e. The molecule has 0 aliphatic carbocycles. The van der Waals surface area contributed by atoms with E-state index < -0.39 is 11.8 Å². The molecule has 0 spiro atoms. The van der Waals surface area contributed by atoms with Gasteiger partial charge in [0.15, 0.2) is 11.5 Å². The van der Waals surface area contributed by atoms with E-state index in [0.29, 0.717) is 17.2 Å². The van der Waals surface area contributed by atoms with E-state index in [-0.39, 0.29) is 30.0 Å². The highest BCUT2D eigenvalue weighted by Gasteiger charge is 2.29. The zero-order chi connectivity index (χ0) is 18.4. The topological polar surface area (TPSA) is 114 Å². The number of rotatable bonds is 6. The number of imide groups is 1. The van der Waals surface area contributed by atoms with Gasteiger partial charge < -0.3 is 20.1 Å². The number of hydrogen-bond acceptors (Lipinski definition) is 7. The van der Waals surface area contributed by atoms with Crippen LogP contribution >= 0.6 is 11.8 Å². The fraction of sp³-hybridized carbons (Fsp3) is 0.333. The Bertz CT molecular complexity index is 693. The van der Waals surface area contributed by atoms with Gasteiger partial charge in [-0.1, -0.05) is 11.8 Å². The van der Waals surface area contributed by atoms with Crippen molar-refractivity contribution in [2.75, 3.05) is 38.4 Å². The molecule has 1 aliphatic heterocycles. The Morgan fingerprint density at radius 3 is 2.48 bits per heavy atom. The average molecular weight is 367 g/mol. The molecule has 25 heavy (non-hydrogen) atoms. The predicted molar refractivity (Wildman–Crippen MR) is 90.8 cm³/mol. The van der Waals surface area contributed by atoms with Gasteiger partial charge in [-0.2, -0.15) is 0 Å². The van der Waals surface area contributed by atoms with Crippen molar-refractivity contribution in [2.24, 2.45) is 0 Å². The summed E-state index contributed by atoms with van der Waals surface area (Å²) < 4.78 is 10.2. The van der Waals surface area contributed by atoms with Crippen molar-refractivity contribution >= 4 is 40.4 Å². The molecule has 4 amide bonds. The Kier molecular flexibility index (Phi) is 6.23. The van der Waals surface area contributed by atoms with E-state index in [1.807, 2.05) is 0 Å². The summed E-state index contributed by atoms with van der Waals surface area (Å²) in [6, 6.07) is 4.67. The molecule has 1 aromatic rings. The Balaban J connectivity index is 1.85. The zero-order valence-corrected chi connectivity index (χ0v) is 14.5. The number of carbonyl (C=O) groups is 4. The van der Waals surface area contributed by atoms with Crippen molar-refractivity contribution in [1.29, 1.82) is 0 Å². The van der Waals surface area contributed by atoms with Crippen LogP contribution in [0.15, 0.2) is 18.2 Å². The molecule has 1 fully saturated rings. The lowest BCUT2D eigenvalue weighted by Crippen LogP contribution is -2.41. The molecule has 1 saturated heterocycles. The SMILES string of the molecule is COc1ccc(NC(=O)C(=O)NCCN2C(=O)CSC2=O)cc1OC. The number of methoxy groups -OCH3 is 2. The first kappa shape index (κ1) is 18.6. The van der Waals surface area contributed by atoms with Crippen LogP contribution in [0.1, 0.15) is 0 Å². The monoisotopic (exact) mass is 367 g/mol. The minimum atomic E-state index is -0.874. The van der Waals surface area contributed by atoms with Crippen molar-refractivity contribution in [1.82, 2.24) is 10.2 Å². The molecule has 10 heteroatoms. The maximum absolute atomic E-state index is 11.9. The van der Waals surface area contributed by atoms with Gasteiger partial charge in [-0.3, -0.25) is 24.1 Å². The number of ether oxygens (including phenoxy) is 2. The number of anilines is 1. The molecule has 0 unspecified atom stereocenters. The standard InChI is InChI=1S/C15H17N3O6S/c1-23-10-4-3-9(7-11(10)24-2)17-14(21)13(20)16-5-6-18-12(19)8-25-15(18)22/h3-4,7H,5-6,8H2,1-2H3,(H,16,20)(H,17,21). The van der Waals surface area contributed by atoms with Crippen molar-refractivity contribution < 1.29 is 28.7 Å². The highest BCUT2D eigenvalue weighted by atomic mass is 32.2. The molecule has 0 radical (unpaired) electrons. The third kappa shape index (κ3) is 4.63. The second-order valence-electron chi connectivity index (χ2n) is 4.88. The van der Waals surface area contributed by atoms with Crippen LogP contribution in [-0.2, 0) is 14.4 Å². The number of thioether (sulfide) groups is 1. The predicted octanol–water partition coefficient (Wildman–Crippen LogP) is 0.454. The molecule has 2 N–H and O–H groups in total. The fourth-order valence-corrected chi connectivity index (χ4v) is 2.81. The molecule has 134 valence electrons. The van der Waals surface area contributed by atoms with Crippen LogP contribution in [-0.4, -0.2) is 60.9 Å². The van der Waals surface area contributed by atoms with Crippen LogP contribution in [0.25, 0.3) is 0 Å². The van der Waals surface area contributed by atoms with E-state index in [1.165, 1.54) is 20.3 Å². The Labute approximate surface area is 148 Å². The molecule has 9 nitrogen and oxygen atoms in total. The van der Waals surface area contributed by atoms with Crippen molar-refractivity contribution in [3.63, 3.8) is 0 Å². The number of carbonyl (C=O) groups excluding carboxylic acids is 4. The van der Waals surface area contributed by atoms with Gasteiger partial charge in [0, 0.05) is 24.8 Å². The number of nitrogens with one attached hydrogen (secondary N) is 2. The first-order valence-electron chi connectivity index (χ1n) is 7.24. The molecule has 1 aromatic carbocycles. The van der Waals surface area contributed by atoms with Gasteiger partial charge in [0.25, 0.3) is 5.24 Å². The summed E-state index contributed by atoms with van der Waals surface area (Å²) in [6.45, 7) is 0.0241. The van der Waals surface area contributed by atoms with Crippen molar-refractivity contribution in [3.8, 4) is 11.5 Å². The summed E-state index contributed by atoms with van der Waals surface area (Å²) in [5, 5.41) is 4.43. The van der Waals surface area contributed by atoms with Crippen LogP contribution < -0.4 is 20.1 Å². The van der Waals surface area contributed by atoms with Gasteiger partial charge in [0.05, 0.1) is 20.0 Å². The Hall–Kier alpha value is -2.75. The second-order valence-corrected chi connectivity index (χ2v) is 5.81. The molecule has 0 aromatic heterocycles. The minimum absolute atomic E-state index is 0.00374. The largest absolute Gasteiger partial charge is 0.493 e. The van der Waals surface area contributed by atoms with E-state index in [9.17, 15) is 19.2 Å². The lowest BCUT2D eigenvalue weighted by molar-refractivity contribution is -0.136. The first-order valence-corrected chi connectivity index (χ1v) is 8.23. The number of hydrogen-bond donors (Lipinski definition) is 2. The van der Waals surface area contributed by atoms with Crippen molar-refractivity contribution in [3.05, 3.63) is 18.2 Å². The van der Waals surface area contributed by atoms with Crippen LogP contribution in [0.3, 0.4) is 0 Å². The second kappa shape index (κ2) is 8.38. The molecular formula is C15H17N3O6S. The summed E-state index contributed by atoms with van der Waals surface area (Å²) in [4.78, 5) is 47.5. The first-order chi connectivity index (χ1) is 12.0. The van der Waals surface area contributed by atoms with Crippen LogP contribution in [0, 0.1) is 0 Å². The zero-order valence-electron chi connectivity index (χ0n) is 13.7. The number of benzene rings is 1. The number of amides is 4. The molecule has 1 heterocycles. The molecular weight excluding hydrogens is 350 g/mol. The molecule has 0 bridgehead atoms.